The van der Waals surface area contributed by atoms with Crippen molar-refractivity contribution < 1.29 is 9.53 Å². The van der Waals surface area contributed by atoms with E-state index in [1.165, 1.54) is 31.2 Å². The molecule has 0 aromatic heterocycles. The molecular formula is C21H30O2. The van der Waals surface area contributed by atoms with Crippen LogP contribution < -0.4 is 4.74 Å². The molecule has 2 fully saturated rings. The summed E-state index contributed by atoms with van der Waals surface area (Å²) in [6, 6.07) is 8.26. The van der Waals surface area contributed by atoms with Gasteiger partial charge in [0.05, 0.1) is 5.41 Å². The molecule has 1 aromatic rings. The number of benzene rings is 1. The van der Waals surface area contributed by atoms with E-state index in [0.717, 1.165) is 25.2 Å². The van der Waals surface area contributed by atoms with E-state index in [4.69, 9.17) is 4.74 Å². The van der Waals surface area contributed by atoms with Gasteiger partial charge in [0.2, 0.25) is 0 Å². The van der Waals surface area contributed by atoms with Gasteiger partial charge in [0, 0.05) is 0 Å². The quantitative estimate of drug-likeness (QED) is 0.496. The van der Waals surface area contributed by atoms with E-state index in [1.807, 2.05) is 12.1 Å². The summed E-state index contributed by atoms with van der Waals surface area (Å²) in [7, 11) is 0. The van der Waals surface area contributed by atoms with Crippen LogP contribution in [-0.2, 0) is 4.79 Å². The van der Waals surface area contributed by atoms with Crippen molar-refractivity contribution in [3.05, 3.63) is 29.8 Å². The third-order valence-electron chi connectivity index (χ3n) is 6.10. The van der Waals surface area contributed by atoms with Gasteiger partial charge in [-0.2, -0.15) is 0 Å². The third-order valence-corrected chi connectivity index (χ3v) is 6.10. The lowest BCUT2D eigenvalue weighted by molar-refractivity contribution is -0.145. The lowest BCUT2D eigenvalue weighted by Crippen LogP contribution is -2.30. The fourth-order valence-corrected chi connectivity index (χ4v) is 4.67. The minimum absolute atomic E-state index is 0.0132. The number of carbonyl (C=O) groups is 1. The topological polar surface area (TPSA) is 26.3 Å². The van der Waals surface area contributed by atoms with Gasteiger partial charge in [-0.1, -0.05) is 39.3 Å². The Morgan fingerprint density at radius 3 is 2.35 bits per heavy atom. The average molecular weight is 314 g/mol. The monoisotopic (exact) mass is 314 g/mol. The van der Waals surface area contributed by atoms with Crippen molar-refractivity contribution in [2.75, 3.05) is 0 Å². The summed E-state index contributed by atoms with van der Waals surface area (Å²) >= 11 is 0. The van der Waals surface area contributed by atoms with Crippen LogP contribution in [0.15, 0.2) is 24.3 Å². The standard InChI is InChI=1S/C21H30O2/c1-4-5-19(15(2)3)17-6-8-18(9-7-17)23-20(22)21-12-10-16(14-21)11-13-21/h6-9,15-16,19H,4-5,10-14H2,1-3H3. The molecule has 0 saturated heterocycles. The van der Waals surface area contributed by atoms with Gasteiger partial charge in [-0.3, -0.25) is 4.79 Å². The number of hydrogen-bond acceptors (Lipinski definition) is 2. The molecule has 2 heteroatoms. The van der Waals surface area contributed by atoms with E-state index in [-0.39, 0.29) is 11.4 Å². The molecule has 3 rings (SSSR count). The molecule has 2 aliphatic rings. The molecule has 2 saturated carbocycles. The smallest absolute Gasteiger partial charge is 0.317 e. The van der Waals surface area contributed by atoms with E-state index < -0.39 is 0 Å². The minimum Gasteiger partial charge on any atom is -0.426 e. The van der Waals surface area contributed by atoms with E-state index in [2.05, 4.69) is 32.9 Å². The lowest BCUT2D eigenvalue weighted by Gasteiger charge is -2.24. The summed E-state index contributed by atoms with van der Waals surface area (Å²) in [5.74, 6) is 2.72. The molecule has 1 aromatic carbocycles. The number of rotatable bonds is 6. The molecule has 0 radical (unpaired) electrons. The van der Waals surface area contributed by atoms with Crippen molar-refractivity contribution >= 4 is 5.97 Å². The average Bonchev–Trinajstić information content (AvgIpc) is 3.15. The number of hydrogen-bond donors (Lipinski definition) is 0. The Balaban J connectivity index is 1.66. The van der Waals surface area contributed by atoms with Gasteiger partial charge < -0.3 is 4.74 Å². The number of fused-ring (bicyclic) bond motifs is 2. The Kier molecular flexibility index (Phi) is 4.79. The molecule has 0 spiro atoms. The van der Waals surface area contributed by atoms with E-state index in [9.17, 15) is 4.79 Å². The molecular weight excluding hydrogens is 284 g/mol. The molecule has 1 atom stereocenters. The van der Waals surface area contributed by atoms with Crippen molar-refractivity contribution in [1.82, 2.24) is 0 Å². The van der Waals surface area contributed by atoms with Crippen LogP contribution >= 0.6 is 0 Å². The highest BCUT2D eigenvalue weighted by molar-refractivity contribution is 5.80. The zero-order valence-electron chi connectivity index (χ0n) is 14.8. The summed E-state index contributed by atoms with van der Waals surface area (Å²) in [5.41, 5.74) is 1.20. The maximum atomic E-state index is 12.6. The molecule has 126 valence electrons. The maximum absolute atomic E-state index is 12.6. The van der Waals surface area contributed by atoms with Crippen LogP contribution in [0.3, 0.4) is 0 Å². The fourth-order valence-electron chi connectivity index (χ4n) is 4.67. The zero-order chi connectivity index (χ0) is 16.4. The molecule has 2 aliphatic carbocycles. The van der Waals surface area contributed by atoms with E-state index >= 15 is 0 Å². The third kappa shape index (κ3) is 3.32. The predicted octanol–water partition coefficient (Wildman–Crippen LogP) is 5.71. The van der Waals surface area contributed by atoms with Crippen molar-refractivity contribution in [1.29, 1.82) is 0 Å². The Hall–Kier alpha value is -1.31. The Morgan fingerprint density at radius 1 is 1.22 bits per heavy atom. The predicted molar refractivity (Wildman–Crippen MR) is 93.6 cm³/mol. The van der Waals surface area contributed by atoms with Crippen LogP contribution in [0.1, 0.15) is 77.2 Å². The highest BCUT2D eigenvalue weighted by Gasteiger charge is 2.51. The van der Waals surface area contributed by atoms with Crippen molar-refractivity contribution in [3.63, 3.8) is 0 Å². The van der Waals surface area contributed by atoms with Gasteiger partial charge in [-0.05, 0) is 74.0 Å². The molecule has 2 bridgehead atoms. The molecule has 0 N–H and O–H groups in total. The first kappa shape index (κ1) is 16.5. The van der Waals surface area contributed by atoms with Crippen LogP contribution in [0.5, 0.6) is 5.75 Å². The van der Waals surface area contributed by atoms with Crippen LogP contribution in [0.25, 0.3) is 0 Å². The van der Waals surface area contributed by atoms with Gasteiger partial charge in [-0.15, -0.1) is 0 Å². The molecule has 0 aliphatic heterocycles. The molecule has 23 heavy (non-hydrogen) atoms. The minimum atomic E-state index is -0.161. The molecule has 1 unspecified atom stereocenters. The Bertz CT molecular complexity index is 535. The zero-order valence-corrected chi connectivity index (χ0v) is 14.8. The normalized spacial score (nSPS) is 27.4. The Morgan fingerprint density at radius 2 is 1.87 bits per heavy atom. The van der Waals surface area contributed by atoms with Crippen LogP contribution in [-0.4, -0.2) is 5.97 Å². The van der Waals surface area contributed by atoms with Crippen LogP contribution in [0.4, 0.5) is 0 Å². The van der Waals surface area contributed by atoms with Crippen molar-refractivity contribution in [2.45, 2.75) is 71.6 Å². The molecule has 0 amide bonds. The largest absolute Gasteiger partial charge is 0.426 e. The van der Waals surface area contributed by atoms with Gasteiger partial charge in [0.15, 0.2) is 0 Å². The second-order valence-corrected chi connectivity index (χ2v) is 8.03. The second-order valence-electron chi connectivity index (χ2n) is 8.03. The van der Waals surface area contributed by atoms with E-state index in [1.54, 1.807) is 0 Å². The van der Waals surface area contributed by atoms with Gasteiger partial charge in [0.1, 0.15) is 5.75 Å². The summed E-state index contributed by atoms with van der Waals surface area (Å²) in [6.07, 6.45) is 7.93. The van der Waals surface area contributed by atoms with Gasteiger partial charge in [0.25, 0.3) is 0 Å². The summed E-state index contributed by atoms with van der Waals surface area (Å²) in [6.45, 7) is 6.80. The highest BCUT2D eigenvalue weighted by Crippen LogP contribution is 2.54. The van der Waals surface area contributed by atoms with Crippen LogP contribution in [0.2, 0.25) is 0 Å². The number of esters is 1. The van der Waals surface area contributed by atoms with Crippen molar-refractivity contribution in [3.8, 4) is 5.75 Å². The first-order valence-corrected chi connectivity index (χ1v) is 9.36. The SMILES string of the molecule is CCCC(c1ccc(OC(=O)C23CCC(CC2)C3)cc1)C(C)C. The van der Waals surface area contributed by atoms with Crippen LogP contribution in [0, 0.1) is 17.3 Å². The second kappa shape index (κ2) is 6.67. The number of carbonyl (C=O) groups excluding carboxylic acids is 1. The first-order chi connectivity index (χ1) is 11.0. The van der Waals surface area contributed by atoms with E-state index in [0.29, 0.717) is 17.6 Å². The van der Waals surface area contributed by atoms with Gasteiger partial charge in [-0.25, -0.2) is 0 Å². The summed E-state index contributed by atoms with van der Waals surface area (Å²) in [5, 5.41) is 0. The van der Waals surface area contributed by atoms with Crippen molar-refractivity contribution in [2.24, 2.45) is 17.3 Å². The summed E-state index contributed by atoms with van der Waals surface area (Å²) in [4.78, 5) is 12.6. The lowest BCUT2D eigenvalue weighted by atomic mass is 9.84. The number of ether oxygens (including phenoxy) is 1. The maximum Gasteiger partial charge on any atom is 0.317 e. The molecule has 0 heterocycles. The molecule has 2 nitrogen and oxygen atoms in total. The highest BCUT2D eigenvalue weighted by atomic mass is 16.5. The first-order valence-electron chi connectivity index (χ1n) is 9.36. The Labute approximate surface area is 140 Å². The fraction of sp³-hybridized carbons (Fsp3) is 0.667. The van der Waals surface area contributed by atoms with Gasteiger partial charge >= 0.3 is 5.97 Å². The summed E-state index contributed by atoms with van der Waals surface area (Å²) < 4.78 is 5.74.